The zero-order valence-corrected chi connectivity index (χ0v) is 14.0. The van der Waals surface area contributed by atoms with Crippen molar-refractivity contribution in [2.75, 3.05) is 19.7 Å². The van der Waals surface area contributed by atoms with E-state index in [0.717, 1.165) is 43.4 Å². The summed E-state index contributed by atoms with van der Waals surface area (Å²) in [6, 6.07) is 8.33. The van der Waals surface area contributed by atoms with Gasteiger partial charge >= 0.3 is 0 Å². The van der Waals surface area contributed by atoms with E-state index in [1.165, 1.54) is 12.8 Å². The van der Waals surface area contributed by atoms with E-state index in [1.54, 1.807) is 0 Å². The summed E-state index contributed by atoms with van der Waals surface area (Å²) in [7, 11) is 0. The first kappa shape index (κ1) is 15.4. The molecule has 1 fully saturated rings. The molecular weight excluding hydrogens is 306 g/mol. The molecule has 0 bridgehead atoms. The fourth-order valence-electron chi connectivity index (χ4n) is 3.11. The highest BCUT2D eigenvalue weighted by molar-refractivity contribution is 5.40. The molecule has 0 spiro atoms. The fourth-order valence-corrected chi connectivity index (χ4v) is 3.11. The standard InChI is InChI=1S/C17H23N5O2/c1-2-9-21(11-17-18-19-20-22(17)13-7-8-13)10-14-12-23-15-5-3-4-6-16(15)24-14/h3-6,13-14H,2,7-12H2,1H3. The van der Waals surface area contributed by atoms with Gasteiger partial charge in [-0.25, -0.2) is 4.68 Å². The monoisotopic (exact) mass is 329 g/mol. The number of hydrogen-bond donors (Lipinski definition) is 0. The number of aromatic nitrogens is 4. The number of para-hydroxylation sites is 2. The molecule has 2 aliphatic rings. The van der Waals surface area contributed by atoms with Crippen LogP contribution in [0.25, 0.3) is 0 Å². The second-order valence-electron chi connectivity index (χ2n) is 6.50. The average molecular weight is 329 g/mol. The Kier molecular flexibility index (Phi) is 4.34. The second kappa shape index (κ2) is 6.76. The predicted octanol–water partition coefficient (Wildman–Crippen LogP) is 2.06. The third-order valence-corrected chi connectivity index (χ3v) is 4.39. The van der Waals surface area contributed by atoms with Crippen molar-refractivity contribution in [3.05, 3.63) is 30.1 Å². The quantitative estimate of drug-likeness (QED) is 0.775. The van der Waals surface area contributed by atoms with E-state index in [0.29, 0.717) is 12.6 Å². The van der Waals surface area contributed by atoms with Crippen LogP contribution in [-0.2, 0) is 6.54 Å². The van der Waals surface area contributed by atoms with Gasteiger partial charge in [0.25, 0.3) is 0 Å². The van der Waals surface area contributed by atoms with Gasteiger partial charge in [-0.05, 0) is 48.4 Å². The van der Waals surface area contributed by atoms with Gasteiger partial charge in [0.2, 0.25) is 0 Å². The Morgan fingerprint density at radius 2 is 2.08 bits per heavy atom. The van der Waals surface area contributed by atoms with Crippen molar-refractivity contribution in [3.63, 3.8) is 0 Å². The summed E-state index contributed by atoms with van der Waals surface area (Å²) in [4.78, 5) is 2.35. The molecule has 1 saturated carbocycles. The summed E-state index contributed by atoms with van der Waals surface area (Å²) >= 11 is 0. The molecule has 7 nitrogen and oxygen atoms in total. The van der Waals surface area contributed by atoms with Crippen molar-refractivity contribution in [2.45, 2.75) is 44.9 Å². The molecular formula is C17H23N5O2. The third-order valence-electron chi connectivity index (χ3n) is 4.39. The lowest BCUT2D eigenvalue weighted by Gasteiger charge is -2.31. The highest BCUT2D eigenvalue weighted by Crippen LogP contribution is 2.34. The number of rotatable bonds is 7. The van der Waals surface area contributed by atoms with Gasteiger partial charge in [-0.1, -0.05) is 19.1 Å². The summed E-state index contributed by atoms with van der Waals surface area (Å²) < 4.78 is 13.9. The Labute approximate surface area is 141 Å². The van der Waals surface area contributed by atoms with Gasteiger partial charge in [0.15, 0.2) is 17.3 Å². The van der Waals surface area contributed by atoms with Crippen LogP contribution in [0.1, 0.15) is 38.1 Å². The minimum Gasteiger partial charge on any atom is -0.486 e. The third kappa shape index (κ3) is 3.36. The zero-order chi connectivity index (χ0) is 16.4. The lowest BCUT2D eigenvalue weighted by molar-refractivity contribution is 0.0553. The lowest BCUT2D eigenvalue weighted by atomic mass is 10.2. The zero-order valence-electron chi connectivity index (χ0n) is 14.0. The predicted molar refractivity (Wildman–Crippen MR) is 88.0 cm³/mol. The highest BCUT2D eigenvalue weighted by Gasteiger charge is 2.29. The SMILES string of the molecule is CCCN(Cc1nnnn1C1CC1)CC1COc2ccccc2O1. The Balaban J connectivity index is 1.41. The Morgan fingerprint density at radius 1 is 1.25 bits per heavy atom. The molecule has 1 atom stereocenters. The Hall–Kier alpha value is -2.15. The molecule has 4 rings (SSSR count). The molecule has 1 aliphatic heterocycles. The van der Waals surface area contributed by atoms with Crippen molar-refractivity contribution in [1.29, 1.82) is 0 Å². The number of tetrazole rings is 1. The molecule has 1 unspecified atom stereocenters. The number of fused-ring (bicyclic) bond motifs is 1. The molecule has 2 heterocycles. The second-order valence-corrected chi connectivity index (χ2v) is 6.50. The minimum atomic E-state index is 0.0247. The van der Waals surface area contributed by atoms with Gasteiger partial charge in [0, 0.05) is 6.54 Å². The molecule has 0 amide bonds. The van der Waals surface area contributed by atoms with Gasteiger partial charge in [0.05, 0.1) is 12.6 Å². The topological polar surface area (TPSA) is 65.3 Å². The van der Waals surface area contributed by atoms with Crippen molar-refractivity contribution < 1.29 is 9.47 Å². The highest BCUT2D eigenvalue weighted by atomic mass is 16.6. The van der Waals surface area contributed by atoms with Crippen LogP contribution in [0.5, 0.6) is 11.5 Å². The summed E-state index contributed by atoms with van der Waals surface area (Å²) in [5, 5.41) is 12.2. The molecule has 1 aromatic carbocycles. The van der Waals surface area contributed by atoms with Crippen LogP contribution in [0.15, 0.2) is 24.3 Å². The van der Waals surface area contributed by atoms with Crippen LogP contribution in [0.4, 0.5) is 0 Å². The van der Waals surface area contributed by atoms with Crippen LogP contribution in [0.3, 0.4) is 0 Å². The summed E-state index contributed by atoms with van der Waals surface area (Å²) in [6.45, 7) is 5.30. The van der Waals surface area contributed by atoms with Crippen LogP contribution in [-0.4, -0.2) is 50.9 Å². The first-order valence-corrected chi connectivity index (χ1v) is 8.71. The number of nitrogens with zero attached hydrogens (tertiary/aromatic N) is 5. The van der Waals surface area contributed by atoms with Crippen molar-refractivity contribution in [1.82, 2.24) is 25.1 Å². The molecule has 7 heteroatoms. The maximum Gasteiger partial charge on any atom is 0.165 e. The summed E-state index contributed by atoms with van der Waals surface area (Å²) in [6.07, 6.45) is 3.47. The van der Waals surface area contributed by atoms with E-state index in [1.807, 2.05) is 28.9 Å². The maximum atomic E-state index is 6.09. The van der Waals surface area contributed by atoms with Gasteiger partial charge in [-0.2, -0.15) is 0 Å². The van der Waals surface area contributed by atoms with E-state index in [2.05, 4.69) is 27.3 Å². The van der Waals surface area contributed by atoms with Crippen LogP contribution >= 0.6 is 0 Å². The van der Waals surface area contributed by atoms with Gasteiger partial charge in [-0.15, -0.1) is 5.10 Å². The van der Waals surface area contributed by atoms with E-state index in [-0.39, 0.29) is 6.10 Å². The van der Waals surface area contributed by atoms with E-state index < -0.39 is 0 Å². The van der Waals surface area contributed by atoms with Crippen LogP contribution < -0.4 is 9.47 Å². The van der Waals surface area contributed by atoms with Crippen LogP contribution in [0, 0.1) is 0 Å². The normalized spacial score (nSPS) is 19.7. The molecule has 2 aromatic rings. The molecule has 128 valence electrons. The minimum absolute atomic E-state index is 0.0247. The summed E-state index contributed by atoms with van der Waals surface area (Å²) in [5.41, 5.74) is 0. The number of benzene rings is 1. The van der Waals surface area contributed by atoms with Crippen molar-refractivity contribution in [2.24, 2.45) is 0 Å². The Bertz CT molecular complexity index is 685. The van der Waals surface area contributed by atoms with Gasteiger partial charge in [-0.3, -0.25) is 4.90 Å². The lowest BCUT2D eigenvalue weighted by Crippen LogP contribution is -2.41. The molecule has 24 heavy (non-hydrogen) atoms. The van der Waals surface area contributed by atoms with E-state index in [4.69, 9.17) is 9.47 Å². The van der Waals surface area contributed by atoms with Gasteiger partial charge in [0.1, 0.15) is 12.7 Å². The molecule has 0 saturated heterocycles. The molecule has 1 aliphatic carbocycles. The number of ether oxygens (including phenoxy) is 2. The van der Waals surface area contributed by atoms with E-state index in [9.17, 15) is 0 Å². The first-order valence-electron chi connectivity index (χ1n) is 8.71. The fraction of sp³-hybridized carbons (Fsp3) is 0.588. The molecule has 0 N–H and O–H groups in total. The number of hydrogen-bond acceptors (Lipinski definition) is 6. The van der Waals surface area contributed by atoms with Crippen molar-refractivity contribution >= 4 is 0 Å². The maximum absolute atomic E-state index is 6.09. The molecule has 0 radical (unpaired) electrons. The van der Waals surface area contributed by atoms with Gasteiger partial charge < -0.3 is 9.47 Å². The average Bonchev–Trinajstić information content (AvgIpc) is 3.34. The smallest absolute Gasteiger partial charge is 0.165 e. The Morgan fingerprint density at radius 3 is 2.88 bits per heavy atom. The molecule has 1 aromatic heterocycles. The van der Waals surface area contributed by atoms with Crippen molar-refractivity contribution in [3.8, 4) is 11.5 Å². The summed E-state index contributed by atoms with van der Waals surface area (Å²) in [5.74, 6) is 2.60. The van der Waals surface area contributed by atoms with Crippen LogP contribution in [0.2, 0.25) is 0 Å². The largest absolute Gasteiger partial charge is 0.486 e. The van der Waals surface area contributed by atoms with E-state index >= 15 is 0 Å². The first-order chi connectivity index (χ1) is 11.8.